The second kappa shape index (κ2) is 7.44. The molecule has 0 aromatic heterocycles. The number of carbonyl (C=O) groups is 4. The monoisotopic (exact) mass is 384 g/mol. The highest BCUT2D eigenvalue weighted by Crippen LogP contribution is 2.30. The van der Waals surface area contributed by atoms with Gasteiger partial charge >= 0.3 is 0 Å². The van der Waals surface area contributed by atoms with Crippen molar-refractivity contribution in [3.8, 4) is 0 Å². The standard InChI is InChI=1S/C20H24N4O4/c1-11-7-12(9-22-11)8-21-10-13-3-2-4-14-17(13)20(28)24(19(14)27)15-5-6-16(25)23-18(15)26/h2-4,11-12,15,21-22H,5-10H2,1H3,(H,23,25,26). The van der Waals surface area contributed by atoms with Crippen LogP contribution in [0.2, 0.25) is 0 Å². The maximum atomic E-state index is 13.0. The Morgan fingerprint density at radius 1 is 1.18 bits per heavy atom. The zero-order valence-electron chi connectivity index (χ0n) is 15.8. The smallest absolute Gasteiger partial charge is 0.262 e. The molecule has 2 fully saturated rings. The van der Waals surface area contributed by atoms with Gasteiger partial charge in [-0.15, -0.1) is 0 Å². The highest BCUT2D eigenvalue weighted by Gasteiger charge is 2.45. The van der Waals surface area contributed by atoms with Crippen LogP contribution >= 0.6 is 0 Å². The number of nitrogens with zero attached hydrogens (tertiary/aromatic N) is 1. The first-order valence-corrected chi connectivity index (χ1v) is 9.73. The number of hydrogen-bond donors (Lipinski definition) is 3. The van der Waals surface area contributed by atoms with Gasteiger partial charge in [0.25, 0.3) is 11.8 Å². The van der Waals surface area contributed by atoms with E-state index in [9.17, 15) is 19.2 Å². The van der Waals surface area contributed by atoms with Crippen LogP contribution in [0.1, 0.15) is 52.5 Å². The largest absolute Gasteiger partial charge is 0.314 e. The van der Waals surface area contributed by atoms with Gasteiger partial charge in [0.15, 0.2) is 0 Å². The minimum absolute atomic E-state index is 0.117. The average Bonchev–Trinajstić information content (AvgIpc) is 3.18. The SMILES string of the molecule is CC1CC(CNCc2cccc3c2C(=O)N(C2CCC(=O)NC2=O)C3=O)CN1. The van der Waals surface area contributed by atoms with E-state index in [0.29, 0.717) is 29.6 Å². The normalized spacial score (nSPS) is 27.3. The Kier molecular flexibility index (Phi) is 4.99. The van der Waals surface area contributed by atoms with E-state index in [1.165, 1.54) is 0 Å². The van der Waals surface area contributed by atoms with Gasteiger partial charge in [-0.2, -0.15) is 0 Å². The summed E-state index contributed by atoms with van der Waals surface area (Å²) in [6, 6.07) is 4.80. The van der Waals surface area contributed by atoms with Crippen molar-refractivity contribution in [2.24, 2.45) is 5.92 Å². The molecule has 0 radical (unpaired) electrons. The minimum atomic E-state index is -0.933. The number of imide groups is 2. The molecule has 2 saturated heterocycles. The lowest BCUT2D eigenvalue weighted by Crippen LogP contribution is -2.54. The van der Waals surface area contributed by atoms with Crippen LogP contribution in [0.4, 0.5) is 0 Å². The second-order valence-corrected chi connectivity index (χ2v) is 7.83. The Morgan fingerprint density at radius 2 is 2.00 bits per heavy atom. The maximum absolute atomic E-state index is 13.0. The number of nitrogens with one attached hydrogen (secondary N) is 3. The number of benzene rings is 1. The quantitative estimate of drug-likeness (QED) is 0.625. The lowest BCUT2D eigenvalue weighted by atomic mass is 10.0. The maximum Gasteiger partial charge on any atom is 0.262 e. The molecular weight excluding hydrogens is 360 g/mol. The van der Waals surface area contributed by atoms with Crippen LogP contribution < -0.4 is 16.0 Å². The van der Waals surface area contributed by atoms with Crippen LogP contribution in [0.25, 0.3) is 0 Å². The van der Waals surface area contributed by atoms with Gasteiger partial charge in [0.05, 0.1) is 11.1 Å². The van der Waals surface area contributed by atoms with Crippen molar-refractivity contribution in [2.75, 3.05) is 13.1 Å². The molecule has 1 aromatic carbocycles. The van der Waals surface area contributed by atoms with Crippen molar-refractivity contribution in [3.05, 3.63) is 34.9 Å². The molecule has 0 aliphatic carbocycles. The summed E-state index contributed by atoms with van der Waals surface area (Å²) < 4.78 is 0. The van der Waals surface area contributed by atoms with E-state index < -0.39 is 23.8 Å². The predicted molar refractivity (Wildman–Crippen MR) is 100 cm³/mol. The van der Waals surface area contributed by atoms with E-state index in [4.69, 9.17) is 0 Å². The van der Waals surface area contributed by atoms with Crippen molar-refractivity contribution in [1.82, 2.24) is 20.9 Å². The van der Waals surface area contributed by atoms with Crippen molar-refractivity contribution >= 4 is 23.6 Å². The first kappa shape index (κ1) is 18.8. The van der Waals surface area contributed by atoms with Crippen molar-refractivity contribution < 1.29 is 19.2 Å². The van der Waals surface area contributed by atoms with Crippen LogP contribution in [-0.4, -0.2) is 53.7 Å². The molecule has 0 saturated carbocycles. The fraction of sp³-hybridized carbons (Fsp3) is 0.500. The van der Waals surface area contributed by atoms with Gasteiger partial charge in [0.1, 0.15) is 6.04 Å². The summed E-state index contributed by atoms with van der Waals surface area (Å²) in [4.78, 5) is 50.4. The lowest BCUT2D eigenvalue weighted by Gasteiger charge is -2.27. The summed E-state index contributed by atoms with van der Waals surface area (Å²) in [7, 11) is 0. The first-order valence-electron chi connectivity index (χ1n) is 9.73. The average molecular weight is 384 g/mol. The van der Waals surface area contributed by atoms with Crippen molar-refractivity contribution in [3.63, 3.8) is 0 Å². The van der Waals surface area contributed by atoms with E-state index in [1.54, 1.807) is 12.1 Å². The van der Waals surface area contributed by atoms with Crippen LogP contribution in [0.15, 0.2) is 18.2 Å². The van der Waals surface area contributed by atoms with E-state index in [-0.39, 0.29) is 18.7 Å². The molecule has 1 aromatic rings. The van der Waals surface area contributed by atoms with Gasteiger partial charge in [0, 0.05) is 19.0 Å². The van der Waals surface area contributed by atoms with Gasteiger partial charge in [-0.1, -0.05) is 12.1 Å². The Labute approximate surface area is 163 Å². The molecule has 3 heterocycles. The Bertz CT molecular complexity index is 853. The number of hydrogen-bond acceptors (Lipinski definition) is 6. The molecule has 0 spiro atoms. The number of amides is 4. The van der Waals surface area contributed by atoms with Crippen molar-refractivity contribution in [2.45, 2.75) is 44.8 Å². The summed E-state index contributed by atoms with van der Waals surface area (Å²) in [6.07, 6.45) is 1.39. The number of carbonyl (C=O) groups excluding carboxylic acids is 4. The summed E-state index contributed by atoms with van der Waals surface area (Å²) in [5.74, 6) is -1.34. The third kappa shape index (κ3) is 3.33. The van der Waals surface area contributed by atoms with Gasteiger partial charge in [-0.3, -0.25) is 29.4 Å². The highest BCUT2D eigenvalue weighted by molar-refractivity contribution is 6.24. The second-order valence-electron chi connectivity index (χ2n) is 7.83. The summed E-state index contributed by atoms with van der Waals surface area (Å²) >= 11 is 0. The van der Waals surface area contributed by atoms with Crippen LogP contribution in [0, 0.1) is 5.92 Å². The molecule has 3 aliphatic heterocycles. The molecule has 3 atom stereocenters. The van der Waals surface area contributed by atoms with E-state index in [0.717, 1.165) is 30.0 Å². The molecule has 4 amide bonds. The third-order valence-electron chi connectivity index (χ3n) is 5.74. The molecule has 28 heavy (non-hydrogen) atoms. The first-order chi connectivity index (χ1) is 13.5. The molecule has 148 valence electrons. The van der Waals surface area contributed by atoms with Crippen molar-refractivity contribution in [1.29, 1.82) is 0 Å². The number of rotatable bonds is 5. The Morgan fingerprint density at radius 3 is 2.71 bits per heavy atom. The van der Waals surface area contributed by atoms with Gasteiger partial charge in [-0.25, -0.2) is 0 Å². The van der Waals surface area contributed by atoms with Crippen LogP contribution in [-0.2, 0) is 16.1 Å². The molecule has 3 aliphatic rings. The fourth-order valence-corrected chi connectivity index (χ4v) is 4.33. The van der Waals surface area contributed by atoms with Gasteiger partial charge < -0.3 is 10.6 Å². The molecule has 8 heteroatoms. The molecular formula is C20H24N4O4. The number of piperidine rings is 1. The third-order valence-corrected chi connectivity index (χ3v) is 5.74. The Balaban J connectivity index is 1.49. The Hall–Kier alpha value is -2.58. The van der Waals surface area contributed by atoms with Crippen LogP contribution in [0.5, 0.6) is 0 Å². The molecule has 4 rings (SSSR count). The van der Waals surface area contributed by atoms with Gasteiger partial charge in [-0.05, 0) is 50.4 Å². The van der Waals surface area contributed by atoms with E-state index in [1.807, 2.05) is 6.07 Å². The topological polar surface area (TPSA) is 108 Å². The lowest BCUT2D eigenvalue weighted by molar-refractivity contribution is -0.136. The number of fused-ring (bicyclic) bond motifs is 1. The zero-order chi connectivity index (χ0) is 19.8. The summed E-state index contributed by atoms with van der Waals surface area (Å²) in [5.41, 5.74) is 1.44. The minimum Gasteiger partial charge on any atom is -0.314 e. The summed E-state index contributed by atoms with van der Waals surface area (Å²) in [6.45, 7) is 4.45. The zero-order valence-corrected chi connectivity index (χ0v) is 15.8. The van der Waals surface area contributed by atoms with E-state index in [2.05, 4.69) is 22.9 Å². The molecule has 3 unspecified atom stereocenters. The van der Waals surface area contributed by atoms with Crippen LogP contribution in [0.3, 0.4) is 0 Å². The van der Waals surface area contributed by atoms with Gasteiger partial charge in [0.2, 0.25) is 11.8 Å². The molecule has 0 bridgehead atoms. The predicted octanol–water partition coefficient (Wildman–Crippen LogP) is 0.175. The van der Waals surface area contributed by atoms with E-state index >= 15 is 0 Å². The highest BCUT2D eigenvalue weighted by atomic mass is 16.2. The summed E-state index contributed by atoms with van der Waals surface area (Å²) in [5, 5.41) is 9.02. The fourth-order valence-electron chi connectivity index (χ4n) is 4.33. The molecule has 3 N–H and O–H groups in total. The molecule has 8 nitrogen and oxygen atoms in total.